The molecule has 1 aromatic carbocycles. The summed E-state index contributed by atoms with van der Waals surface area (Å²) in [6.45, 7) is 7.20. The number of amides is 1. The number of hydrogen-bond donors (Lipinski definition) is 2. The highest BCUT2D eigenvalue weighted by molar-refractivity contribution is 7.11. The third kappa shape index (κ3) is 4.04. The van der Waals surface area contributed by atoms with Crippen molar-refractivity contribution in [2.24, 2.45) is 0 Å². The Bertz CT molecular complexity index is 628. The minimum absolute atomic E-state index is 0.0774. The van der Waals surface area contributed by atoms with Crippen LogP contribution in [0.1, 0.15) is 41.0 Å². The first-order valence-corrected chi connectivity index (χ1v) is 7.73. The van der Waals surface area contributed by atoms with Crippen LogP contribution in [0, 0.1) is 0 Å². The van der Waals surface area contributed by atoms with Crippen LogP contribution in [0.5, 0.6) is 0 Å². The normalized spacial score (nSPS) is 11.2. The molecule has 0 aliphatic rings. The third-order valence-electron chi connectivity index (χ3n) is 3.01. The van der Waals surface area contributed by atoms with Gasteiger partial charge in [0.15, 0.2) is 0 Å². The Balaban J connectivity index is 2.03. The smallest absolute Gasteiger partial charge is 0.251 e. The van der Waals surface area contributed by atoms with E-state index in [1.807, 2.05) is 24.4 Å². The maximum atomic E-state index is 11.6. The zero-order chi connectivity index (χ0) is 15.5. The van der Waals surface area contributed by atoms with Gasteiger partial charge < -0.3 is 10.6 Å². The lowest BCUT2D eigenvalue weighted by Gasteiger charge is -2.13. The van der Waals surface area contributed by atoms with Crippen LogP contribution in [0.3, 0.4) is 0 Å². The molecular formula is C16H21N3OS. The van der Waals surface area contributed by atoms with E-state index < -0.39 is 0 Å². The van der Waals surface area contributed by atoms with Gasteiger partial charge in [0, 0.05) is 34.8 Å². The van der Waals surface area contributed by atoms with Crippen LogP contribution in [0.15, 0.2) is 30.5 Å². The number of nitrogens with one attached hydrogen (secondary N) is 2. The van der Waals surface area contributed by atoms with E-state index in [2.05, 4.69) is 36.4 Å². The molecule has 0 saturated heterocycles. The van der Waals surface area contributed by atoms with Gasteiger partial charge >= 0.3 is 0 Å². The second kappa shape index (κ2) is 6.26. The Morgan fingerprint density at radius 3 is 2.71 bits per heavy atom. The fourth-order valence-corrected chi connectivity index (χ4v) is 2.75. The second-order valence-electron chi connectivity index (χ2n) is 5.90. The molecule has 1 heterocycles. The van der Waals surface area contributed by atoms with Crippen LogP contribution in [-0.2, 0) is 12.0 Å². The number of benzene rings is 1. The fourth-order valence-electron chi connectivity index (χ4n) is 1.84. The molecule has 0 radical (unpaired) electrons. The molecule has 0 atom stereocenters. The molecule has 1 amide bonds. The SMILES string of the molecule is CNC(=O)c1cccc(NCc2cnc(C(C)(C)C)s2)c1. The van der Waals surface area contributed by atoms with Crippen molar-refractivity contribution in [2.75, 3.05) is 12.4 Å². The van der Waals surface area contributed by atoms with Crippen molar-refractivity contribution in [1.29, 1.82) is 0 Å². The second-order valence-corrected chi connectivity index (χ2v) is 7.01. The largest absolute Gasteiger partial charge is 0.380 e. The zero-order valence-electron chi connectivity index (χ0n) is 12.9. The highest BCUT2D eigenvalue weighted by atomic mass is 32.1. The molecule has 5 heteroatoms. The van der Waals surface area contributed by atoms with Crippen molar-refractivity contribution in [3.05, 3.63) is 45.9 Å². The molecule has 0 aliphatic carbocycles. The standard InChI is InChI=1S/C16H21N3OS/c1-16(2,3)15-19-10-13(21-15)9-18-12-7-5-6-11(8-12)14(20)17-4/h5-8,10,18H,9H2,1-4H3,(H,17,20). The van der Waals surface area contributed by atoms with Crippen LogP contribution in [-0.4, -0.2) is 17.9 Å². The van der Waals surface area contributed by atoms with E-state index in [1.165, 1.54) is 4.88 Å². The molecule has 1 aromatic heterocycles. The summed E-state index contributed by atoms with van der Waals surface area (Å²) in [4.78, 5) is 17.3. The van der Waals surface area contributed by atoms with Crippen LogP contribution >= 0.6 is 11.3 Å². The maximum absolute atomic E-state index is 11.6. The first-order valence-electron chi connectivity index (χ1n) is 6.91. The van der Waals surface area contributed by atoms with Gasteiger partial charge in [-0.2, -0.15) is 0 Å². The number of carbonyl (C=O) groups excluding carboxylic acids is 1. The lowest BCUT2D eigenvalue weighted by molar-refractivity contribution is 0.0963. The molecule has 2 aromatic rings. The molecule has 0 spiro atoms. The van der Waals surface area contributed by atoms with Gasteiger partial charge in [-0.25, -0.2) is 4.98 Å². The van der Waals surface area contributed by atoms with E-state index in [1.54, 1.807) is 24.5 Å². The quantitative estimate of drug-likeness (QED) is 0.910. The van der Waals surface area contributed by atoms with E-state index >= 15 is 0 Å². The van der Waals surface area contributed by atoms with Gasteiger partial charge in [-0.3, -0.25) is 4.79 Å². The van der Waals surface area contributed by atoms with Crippen LogP contribution < -0.4 is 10.6 Å². The molecule has 0 bridgehead atoms. The monoisotopic (exact) mass is 303 g/mol. The maximum Gasteiger partial charge on any atom is 0.251 e. The van der Waals surface area contributed by atoms with Gasteiger partial charge in [-0.15, -0.1) is 11.3 Å². The Morgan fingerprint density at radius 2 is 2.10 bits per heavy atom. The summed E-state index contributed by atoms with van der Waals surface area (Å²) in [6.07, 6.45) is 1.92. The lowest BCUT2D eigenvalue weighted by Crippen LogP contribution is -2.17. The van der Waals surface area contributed by atoms with Crippen molar-refractivity contribution < 1.29 is 4.79 Å². The molecule has 0 fully saturated rings. The number of anilines is 1. The first-order chi connectivity index (χ1) is 9.90. The summed E-state index contributed by atoms with van der Waals surface area (Å²) >= 11 is 1.72. The van der Waals surface area contributed by atoms with Gasteiger partial charge in [0.1, 0.15) is 0 Å². The van der Waals surface area contributed by atoms with E-state index in [0.29, 0.717) is 12.1 Å². The summed E-state index contributed by atoms with van der Waals surface area (Å²) in [6, 6.07) is 7.48. The predicted molar refractivity (Wildman–Crippen MR) is 88.0 cm³/mol. The third-order valence-corrected chi connectivity index (χ3v) is 4.44. The average Bonchev–Trinajstić information content (AvgIpc) is 2.93. The van der Waals surface area contributed by atoms with Crippen molar-refractivity contribution in [1.82, 2.24) is 10.3 Å². The number of nitrogens with zero attached hydrogens (tertiary/aromatic N) is 1. The summed E-state index contributed by atoms with van der Waals surface area (Å²) < 4.78 is 0. The minimum Gasteiger partial charge on any atom is -0.380 e. The Kier molecular flexibility index (Phi) is 4.63. The highest BCUT2D eigenvalue weighted by Crippen LogP contribution is 2.27. The molecule has 0 aliphatic heterocycles. The number of thiazole rings is 1. The highest BCUT2D eigenvalue weighted by Gasteiger charge is 2.17. The topological polar surface area (TPSA) is 54.0 Å². The Labute approximate surface area is 129 Å². The molecule has 0 saturated carbocycles. The Morgan fingerprint density at radius 1 is 1.33 bits per heavy atom. The van der Waals surface area contributed by atoms with Crippen molar-refractivity contribution in [3.63, 3.8) is 0 Å². The summed E-state index contributed by atoms with van der Waals surface area (Å²) in [7, 11) is 1.63. The Hall–Kier alpha value is -1.88. The van der Waals surface area contributed by atoms with Gasteiger partial charge in [0.25, 0.3) is 5.91 Å². The molecule has 112 valence electrons. The number of rotatable bonds is 4. The van der Waals surface area contributed by atoms with Crippen molar-refractivity contribution in [3.8, 4) is 0 Å². The van der Waals surface area contributed by atoms with Crippen molar-refractivity contribution >= 4 is 22.9 Å². The molecule has 4 nitrogen and oxygen atoms in total. The average molecular weight is 303 g/mol. The minimum atomic E-state index is -0.0774. The van der Waals surface area contributed by atoms with Crippen LogP contribution in [0.2, 0.25) is 0 Å². The molecule has 2 N–H and O–H groups in total. The number of carbonyl (C=O) groups is 1. The van der Waals surface area contributed by atoms with E-state index in [9.17, 15) is 4.79 Å². The van der Waals surface area contributed by atoms with Crippen LogP contribution in [0.4, 0.5) is 5.69 Å². The van der Waals surface area contributed by atoms with E-state index in [0.717, 1.165) is 10.7 Å². The summed E-state index contributed by atoms with van der Waals surface area (Å²) in [5.41, 5.74) is 1.67. The number of hydrogen-bond acceptors (Lipinski definition) is 4. The van der Waals surface area contributed by atoms with Gasteiger partial charge in [-0.05, 0) is 18.2 Å². The molecular weight excluding hydrogens is 282 g/mol. The fraction of sp³-hybridized carbons (Fsp3) is 0.375. The number of aromatic nitrogens is 1. The molecule has 2 rings (SSSR count). The zero-order valence-corrected chi connectivity index (χ0v) is 13.7. The van der Waals surface area contributed by atoms with Gasteiger partial charge in [0.2, 0.25) is 0 Å². The lowest BCUT2D eigenvalue weighted by atomic mass is 9.98. The van der Waals surface area contributed by atoms with Crippen molar-refractivity contribution in [2.45, 2.75) is 32.7 Å². The summed E-state index contributed by atoms with van der Waals surface area (Å²) in [5.74, 6) is -0.0774. The molecule has 0 unspecified atom stereocenters. The van der Waals surface area contributed by atoms with Gasteiger partial charge in [0.05, 0.1) is 11.6 Å². The summed E-state index contributed by atoms with van der Waals surface area (Å²) in [5, 5.41) is 7.10. The first kappa shape index (κ1) is 15.5. The molecule has 21 heavy (non-hydrogen) atoms. The van der Waals surface area contributed by atoms with Gasteiger partial charge in [-0.1, -0.05) is 26.8 Å². The van der Waals surface area contributed by atoms with E-state index in [-0.39, 0.29) is 11.3 Å². The van der Waals surface area contributed by atoms with Crippen LogP contribution in [0.25, 0.3) is 0 Å². The predicted octanol–water partition coefficient (Wildman–Crippen LogP) is 3.41. The van der Waals surface area contributed by atoms with E-state index in [4.69, 9.17) is 0 Å².